The number of unbranched alkanes of at least 4 members (excludes halogenated alkanes) is 1. The van der Waals surface area contributed by atoms with Crippen LogP contribution in [0.4, 0.5) is 0 Å². The second-order valence-electron chi connectivity index (χ2n) is 8.42. The lowest BCUT2D eigenvalue weighted by molar-refractivity contribution is -0.198. The van der Waals surface area contributed by atoms with Gasteiger partial charge in [-0.3, -0.25) is 9.69 Å². The molecule has 2 heterocycles. The second kappa shape index (κ2) is 12.0. The van der Waals surface area contributed by atoms with E-state index in [4.69, 9.17) is 19.3 Å². The second-order valence-corrected chi connectivity index (χ2v) is 8.42. The minimum atomic E-state index is -0.752. The zero-order valence-corrected chi connectivity index (χ0v) is 17.4. The Kier molecular flexibility index (Phi) is 9.39. The SMILES string of the molecule is O=C(O)CCCC=CCC1C(O)CC(OC2CCCCO2)C1N1CCCOCC1. The molecule has 0 bridgehead atoms. The monoisotopic (exact) mass is 411 g/mol. The first kappa shape index (κ1) is 22.7. The predicted octanol–water partition coefficient (Wildman–Crippen LogP) is 2.57. The number of carboxylic acid groups (broad SMARTS) is 1. The summed E-state index contributed by atoms with van der Waals surface area (Å²) in [5.74, 6) is -0.643. The molecule has 3 fully saturated rings. The van der Waals surface area contributed by atoms with Gasteiger partial charge in [-0.2, -0.15) is 0 Å². The van der Waals surface area contributed by atoms with Crippen LogP contribution in [0.25, 0.3) is 0 Å². The number of aliphatic hydroxyl groups excluding tert-OH is 1. The number of aliphatic carboxylic acids is 1. The van der Waals surface area contributed by atoms with E-state index in [-0.39, 0.29) is 30.8 Å². The largest absolute Gasteiger partial charge is 0.481 e. The number of hydrogen-bond donors (Lipinski definition) is 2. The summed E-state index contributed by atoms with van der Waals surface area (Å²) in [7, 11) is 0. The van der Waals surface area contributed by atoms with Gasteiger partial charge in [0.25, 0.3) is 0 Å². The molecule has 29 heavy (non-hydrogen) atoms. The normalized spacial score (nSPS) is 34.4. The molecule has 5 atom stereocenters. The van der Waals surface area contributed by atoms with Crippen molar-refractivity contribution in [2.24, 2.45) is 5.92 Å². The number of carbonyl (C=O) groups is 1. The highest BCUT2D eigenvalue weighted by atomic mass is 16.7. The molecule has 5 unspecified atom stereocenters. The Morgan fingerprint density at radius 2 is 2.03 bits per heavy atom. The van der Waals surface area contributed by atoms with E-state index in [9.17, 15) is 9.90 Å². The molecule has 1 saturated carbocycles. The highest BCUT2D eigenvalue weighted by molar-refractivity contribution is 5.66. The standard InChI is InChI=1S/C22H37NO6/c24-18-16-19(29-21-10-5-6-14-28-21)22(23-11-7-13-27-15-12-23)17(18)8-3-1-2-4-9-20(25)26/h1,3,17-19,21-22,24H,2,4-16H2,(H,25,26). The van der Waals surface area contributed by atoms with Crippen LogP contribution in [-0.2, 0) is 19.0 Å². The molecule has 7 heteroatoms. The van der Waals surface area contributed by atoms with Crippen LogP contribution in [0.3, 0.4) is 0 Å². The van der Waals surface area contributed by atoms with E-state index >= 15 is 0 Å². The maximum Gasteiger partial charge on any atom is 0.303 e. The van der Waals surface area contributed by atoms with Gasteiger partial charge in [0.1, 0.15) is 0 Å². The van der Waals surface area contributed by atoms with E-state index < -0.39 is 12.1 Å². The van der Waals surface area contributed by atoms with Gasteiger partial charge in [-0.1, -0.05) is 12.2 Å². The fraction of sp³-hybridized carbons (Fsp3) is 0.864. The number of hydrogen-bond acceptors (Lipinski definition) is 6. The molecule has 166 valence electrons. The van der Waals surface area contributed by atoms with Crippen LogP contribution in [-0.4, -0.2) is 78.5 Å². The van der Waals surface area contributed by atoms with Gasteiger partial charge in [0.05, 0.1) is 18.8 Å². The van der Waals surface area contributed by atoms with Crippen molar-refractivity contribution in [2.45, 2.75) is 82.3 Å². The Hall–Kier alpha value is -0.990. The number of aliphatic hydroxyl groups is 1. The van der Waals surface area contributed by atoms with E-state index in [1.165, 1.54) is 0 Å². The maximum absolute atomic E-state index is 10.8. The van der Waals surface area contributed by atoms with Crippen molar-refractivity contribution < 1.29 is 29.2 Å². The molecule has 3 rings (SSSR count). The van der Waals surface area contributed by atoms with Gasteiger partial charge in [-0.25, -0.2) is 0 Å². The van der Waals surface area contributed by atoms with Crippen molar-refractivity contribution in [1.29, 1.82) is 0 Å². The predicted molar refractivity (Wildman–Crippen MR) is 109 cm³/mol. The average Bonchev–Trinajstić information content (AvgIpc) is 2.88. The van der Waals surface area contributed by atoms with Crippen LogP contribution in [0, 0.1) is 5.92 Å². The van der Waals surface area contributed by atoms with E-state index in [1.807, 2.05) is 0 Å². The summed E-state index contributed by atoms with van der Waals surface area (Å²) < 4.78 is 17.8. The number of nitrogens with zero attached hydrogens (tertiary/aromatic N) is 1. The average molecular weight is 412 g/mol. The van der Waals surface area contributed by atoms with Gasteiger partial charge in [0.2, 0.25) is 0 Å². The summed E-state index contributed by atoms with van der Waals surface area (Å²) in [5, 5.41) is 19.6. The molecule has 0 aromatic rings. The molecule has 3 aliphatic rings. The summed E-state index contributed by atoms with van der Waals surface area (Å²) in [6.45, 7) is 4.09. The fourth-order valence-electron chi connectivity index (χ4n) is 4.81. The van der Waals surface area contributed by atoms with Gasteiger partial charge >= 0.3 is 5.97 Å². The molecule has 0 amide bonds. The Morgan fingerprint density at radius 1 is 1.14 bits per heavy atom. The van der Waals surface area contributed by atoms with Crippen molar-refractivity contribution in [3.63, 3.8) is 0 Å². The molecular weight excluding hydrogens is 374 g/mol. The van der Waals surface area contributed by atoms with E-state index in [1.54, 1.807) is 0 Å². The molecule has 1 aliphatic carbocycles. The third-order valence-electron chi connectivity index (χ3n) is 6.27. The molecule has 0 aromatic carbocycles. The lowest BCUT2D eigenvalue weighted by Crippen LogP contribution is -2.48. The molecule has 0 aromatic heterocycles. The van der Waals surface area contributed by atoms with Gasteiger partial charge in [-0.15, -0.1) is 0 Å². The van der Waals surface area contributed by atoms with Crippen LogP contribution < -0.4 is 0 Å². The van der Waals surface area contributed by atoms with Crippen molar-refractivity contribution >= 4 is 5.97 Å². The Morgan fingerprint density at radius 3 is 2.83 bits per heavy atom. The summed E-state index contributed by atoms with van der Waals surface area (Å²) in [4.78, 5) is 13.1. The third-order valence-corrected chi connectivity index (χ3v) is 6.27. The smallest absolute Gasteiger partial charge is 0.303 e. The number of allylic oxidation sites excluding steroid dienone is 2. The molecule has 2 N–H and O–H groups in total. The van der Waals surface area contributed by atoms with Crippen LogP contribution in [0.15, 0.2) is 12.2 Å². The quantitative estimate of drug-likeness (QED) is 0.445. The highest BCUT2D eigenvalue weighted by Gasteiger charge is 2.46. The molecule has 0 spiro atoms. The Labute approximate surface area is 174 Å². The van der Waals surface area contributed by atoms with Crippen LogP contribution in [0.1, 0.15) is 57.8 Å². The first-order valence-corrected chi connectivity index (χ1v) is 11.3. The van der Waals surface area contributed by atoms with E-state index in [0.717, 1.165) is 71.4 Å². The first-order chi connectivity index (χ1) is 14.1. The van der Waals surface area contributed by atoms with Gasteiger partial charge in [0, 0.05) is 51.1 Å². The summed E-state index contributed by atoms with van der Waals surface area (Å²) in [6.07, 6.45) is 10.7. The Bertz CT molecular complexity index is 513. The molecular formula is C22H37NO6. The molecule has 2 saturated heterocycles. The van der Waals surface area contributed by atoms with Crippen LogP contribution in [0.2, 0.25) is 0 Å². The summed E-state index contributed by atoms with van der Waals surface area (Å²) in [5.41, 5.74) is 0. The summed E-state index contributed by atoms with van der Waals surface area (Å²) >= 11 is 0. The highest BCUT2D eigenvalue weighted by Crippen LogP contribution is 2.37. The molecule has 7 nitrogen and oxygen atoms in total. The zero-order chi connectivity index (χ0) is 20.5. The maximum atomic E-state index is 10.8. The molecule has 2 aliphatic heterocycles. The van der Waals surface area contributed by atoms with E-state index in [0.29, 0.717) is 12.8 Å². The minimum Gasteiger partial charge on any atom is -0.481 e. The van der Waals surface area contributed by atoms with Crippen molar-refractivity contribution in [2.75, 3.05) is 32.9 Å². The van der Waals surface area contributed by atoms with Crippen LogP contribution >= 0.6 is 0 Å². The van der Waals surface area contributed by atoms with E-state index in [2.05, 4.69) is 17.1 Å². The number of ether oxygens (including phenoxy) is 3. The zero-order valence-electron chi connectivity index (χ0n) is 17.4. The van der Waals surface area contributed by atoms with Crippen molar-refractivity contribution in [3.8, 4) is 0 Å². The van der Waals surface area contributed by atoms with Crippen LogP contribution in [0.5, 0.6) is 0 Å². The topological polar surface area (TPSA) is 88.5 Å². The number of carboxylic acids is 1. The fourth-order valence-corrected chi connectivity index (χ4v) is 4.81. The third kappa shape index (κ3) is 7.03. The lowest BCUT2D eigenvalue weighted by Gasteiger charge is -2.37. The van der Waals surface area contributed by atoms with Gasteiger partial charge in [0.15, 0.2) is 6.29 Å². The summed E-state index contributed by atoms with van der Waals surface area (Å²) in [6, 6.07) is 0.154. The first-order valence-electron chi connectivity index (χ1n) is 11.3. The minimum absolute atomic E-state index is 0.0309. The lowest BCUT2D eigenvalue weighted by atomic mass is 9.95. The van der Waals surface area contributed by atoms with Gasteiger partial charge < -0.3 is 24.4 Å². The van der Waals surface area contributed by atoms with Crippen molar-refractivity contribution in [1.82, 2.24) is 4.90 Å². The number of rotatable bonds is 9. The Balaban J connectivity index is 1.61. The van der Waals surface area contributed by atoms with Gasteiger partial charge in [-0.05, 0) is 44.9 Å². The molecule has 0 radical (unpaired) electrons. The van der Waals surface area contributed by atoms with Crippen molar-refractivity contribution in [3.05, 3.63) is 12.2 Å².